The van der Waals surface area contributed by atoms with Crippen molar-refractivity contribution in [3.63, 3.8) is 0 Å². The highest BCUT2D eigenvalue weighted by atomic mass is 15.0. The summed E-state index contributed by atoms with van der Waals surface area (Å²) < 4.78 is 0. The second-order valence-electron chi connectivity index (χ2n) is 1.19. The van der Waals surface area contributed by atoms with Gasteiger partial charge < -0.3 is 10.6 Å². The maximum Gasteiger partial charge on any atom is 0.0647 e. The predicted octanol–water partition coefficient (Wildman–Crippen LogP) is 0.286. The van der Waals surface area contributed by atoms with E-state index in [2.05, 4.69) is 24.1 Å². The molecule has 0 heterocycles. The summed E-state index contributed by atoms with van der Waals surface area (Å²) in [6.07, 6.45) is 1.67. The van der Waals surface area contributed by atoms with E-state index in [1.165, 1.54) is 0 Å². The number of rotatable bonds is 4. The highest BCUT2D eigenvalue weighted by Gasteiger charge is 1.70. The van der Waals surface area contributed by atoms with E-state index < -0.39 is 0 Å². The van der Waals surface area contributed by atoms with Crippen LogP contribution in [0.25, 0.3) is 0 Å². The third-order valence-corrected chi connectivity index (χ3v) is 0.621. The minimum absolute atomic E-state index is 0.819. The van der Waals surface area contributed by atoms with Gasteiger partial charge in [0.15, 0.2) is 0 Å². The van der Waals surface area contributed by atoms with Gasteiger partial charge in [-0.25, -0.2) is 0 Å². The van der Waals surface area contributed by atoms with Crippen molar-refractivity contribution in [1.29, 1.82) is 0 Å². The van der Waals surface area contributed by atoms with Crippen molar-refractivity contribution in [2.24, 2.45) is 0 Å². The van der Waals surface area contributed by atoms with Gasteiger partial charge in [-0.05, 0) is 12.7 Å². The Balaban J connectivity index is 2.56. The fraction of sp³-hybridized carbons (Fsp3) is 0.600. The number of hydrogen-bond donors (Lipinski definition) is 2. The molecule has 0 fully saturated rings. The minimum atomic E-state index is 0.819. The number of hydrogen-bond acceptors (Lipinski definition) is 2. The summed E-state index contributed by atoms with van der Waals surface area (Å²) in [5.74, 6) is 0. The van der Waals surface area contributed by atoms with Crippen LogP contribution in [0.3, 0.4) is 0 Å². The summed E-state index contributed by atoms with van der Waals surface area (Å²) in [7, 11) is 0. The molecule has 0 amide bonds. The van der Waals surface area contributed by atoms with Crippen LogP contribution >= 0.6 is 0 Å². The van der Waals surface area contributed by atoms with Crippen LogP contribution in [0.1, 0.15) is 6.92 Å². The molecule has 2 nitrogen and oxygen atoms in total. The average Bonchev–Trinajstić information content (AvgIpc) is 1.69. The van der Waals surface area contributed by atoms with Crippen molar-refractivity contribution in [1.82, 2.24) is 10.6 Å². The quantitative estimate of drug-likeness (QED) is 0.392. The molecule has 0 aliphatic carbocycles. The lowest BCUT2D eigenvalue weighted by molar-refractivity contribution is 0.677. The normalized spacial score (nSPS) is 8.14. The lowest BCUT2D eigenvalue weighted by atomic mass is 10.7. The molecule has 0 rings (SSSR count). The third-order valence-electron chi connectivity index (χ3n) is 0.621. The molecule has 2 N–H and O–H groups in total. The SMILES string of the molecule is C=CNCNCC. The Bertz CT molecular complexity index is 43.3. The smallest absolute Gasteiger partial charge is 0.0647 e. The first-order chi connectivity index (χ1) is 3.41. The average molecular weight is 100 g/mol. The van der Waals surface area contributed by atoms with Crippen LogP contribution in [-0.4, -0.2) is 13.2 Å². The van der Waals surface area contributed by atoms with Gasteiger partial charge in [0.05, 0.1) is 6.67 Å². The molecule has 0 atom stereocenters. The van der Waals surface area contributed by atoms with Crippen molar-refractivity contribution >= 4 is 0 Å². The Hall–Kier alpha value is -0.500. The zero-order valence-electron chi connectivity index (χ0n) is 4.70. The molecule has 0 aromatic rings. The Morgan fingerprint density at radius 2 is 2.43 bits per heavy atom. The van der Waals surface area contributed by atoms with Crippen molar-refractivity contribution in [2.45, 2.75) is 6.92 Å². The second kappa shape index (κ2) is 5.50. The van der Waals surface area contributed by atoms with Crippen LogP contribution in [0.2, 0.25) is 0 Å². The van der Waals surface area contributed by atoms with E-state index >= 15 is 0 Å². The van der Waals surface area contributed by atoms with Crippen LogP contribution in [0.4, 0.5) is 0 Å². The van der Waals surface area contributed by atoms with E-state index in [4.69, 9.17) is 0 Å². The van der Waals surface area contributed by atoms with Gasteiger partial charge >= 0.3 is 0 Å². The monoisotopic (exact) mass is 100 g/mol. The largest absolute Gasteiger partial charge is 0.379 e. The number of nitrogens with one attached hydrogen (secondary N) is 2. The minimum Gasteiger partial charge on any atom is -0.379 e. The van der Waals surface area contributed by atoms with Crippen molar-refractivity contribution in [2.75, 3.05) is 13.2 Å². The van der Waals surface area contributed by atoms with Gasteiger partial charge in [0.2, 0.25) is 0 Å². The molecular weight excluding hydrogens is 88.1 g/mol. The first-order valence-corrected chi connectivity index (χ1v) is 2.46. The highest BCUT2D eigenvalue weighted by molar-refractivity contribution is 4.60. The zero-order valence-corrected chi connectivity index (χ0v) is 4.70. The maximum absolute atomic E-state index is 3.48. The lowest BCUT2D eigenvalue weighted by Gasteiger charge is -1.97. The molecule has 2 heteroatoms. The molecule has 0 unspecified atom stereocenters. The van der Waals surface area contributed by atoms with Crippen molar-refractivity contribution < 1.29 is 0 Å². The summed E-state index contributed by atoms with van der Waals surface area (Å²) in [6, 6.07) is 0. The molecule has 0 aliphatic heterocycles. The molecule has 0 aromatic carbocycles. The zero-order chi connectivity index (χ0) is 5.54. The van der Waals surface area contributed by atoms with Gasteiger partial charge in [0, 0.05) is 0 Å². The lowest BCUT2D eigenvalue weighted by Crippen LogP contribution is -2.24. The summed E-state index contributed by atoms with van der Waals surface area (Å²) in [5.41, 5.74) is 0. The van der Waals surface area contributed by atoms with E-state index in [0.717, 1.165) is 13.2 Å². The highest BCUT2D eigenvalue weighted by Crippen LogP contribution is 1.50. The Morgan fingerprint density at radius 3 is 2.86 bits per heavy atom. The van der Waals surface area contributed by atoms with E-state index in [1.807, 2.05) is 0 Å². The van der Waals surface area contributed by atoms with Crippen LogP contribution < -0.4 is 10.6 Å². The van der Waals surface area contributed by atoms with Crippen LogP contribution in [0, 0.1) is 0 Å². The standard InChI is InChI=1S/C5H12N2/c1-3-6-5-7-4-2/h3,6-7H,1,4-5H2,2H3. The molecule has 0 saturated heterocycles. The first kappa shape index (κ1) is 6.50. The van der Waals surface area contributed by atoms with Crippen molar-refractivity contribution in [3.05, 3.63) is 12.8 Å². The fourth-order valence-corrected chi connectivity index (χ4v) is 0.269. The summed E-state index contributed by atoms with van der Waals surface area (Å²) in [6.45, 7) is 7.36. The molecule has 0 bridgehead atoms. The van der Waals surface area contributed by atoms with Crippen LogP contribution in [-0.2, 0) is 0 Å². The molecule has 0 saturated carbocycles. The third kappa shape index (κ3) is 5.50. The van der Waals surface area contributed by atoms with Crippen LogP contribution in [0.5, 0.6) is 0 Å². The fourth-order valence-electron chi connectivity index (χ4n) is 0.269. The van der Waals surface area contributed by atoms with Gasteiger partial charge in [0.25, 0.3) is 0 Å². The van der Waals surface area contributed by atoms with Gasteiger partial charge in [-0.15, -0.1) is 0 Å². The summed E-state index contributed by atoms with van der Waals surface area (Å²) in [4.78, 5) is 0. The molecule has 7 heavy (non-hydrogen) atoms. The van der Waals surface area contributed by atoms with E-state index in [-0.39, 0.29) is 0 Å². The van der Waals surface area contributed by atoms with E-state index in [9.17, 15) is 0 Å². The molecule has 0 radical (unpaired) electrons. The predicted molar refractivity (Wildman–Crippen MR) is 31.9 cm³/mol. The Kier molecular flexibility index (Phi) is 5.11. The summed E-state index contributed by atoms with van der Waals surface area (Å²) in [5, 5.41) is 5.97. The van der Waals surface area contributed by atoms with Gasteiger partial charge in [-0.2, -0.15) is 0 Å². The van der Waals surface area contributed by atoms with Gasteiger partial charge in [-0.1, -0.05) is 13.5 Å². The van der Waals surface area contributed by atoms with E-state index in [1.54, 1.807) is 6.20 Å². The maximum atomic E-state index is 3.48. The molecule has 0 aromatic heterocycles. The van der Waals surface area contributed by atoms with Gasteiger partial charge in [0.1, 0.15) is 0 Å². The molecular formula is C5H12N2. The van der Waals surface area contributed by atoms with Gasteiger partial charge in [-0.3, -0.25) is 0 Å². The van der Waals surface area contributed by atoms with Crippen molar-refractivity contribution in [3.8, 4) is 0 Å². The second-order valence-corrected chi connectivity index (χ2v) is 1.19. The molecule has 0 spiro atoms. The first-order valence-electron chi connectivity index (χ1n) is 2.46. The van der Waals surface area contributed by atoms with Crippen LogP contribution in [0.15, 0.2) is 12.8 Å². The van der Waals surface area contributed by atoms with E-state index in [0.29, 0.717) is 0 Å². The Morgan fingerprint density at radius 1 is 1.71 bits per heavy atom. The Labute approximate surface area is 44.6 Å². The topological polar surface area (TPSA) is 24.1 Å². The molecule has 0 aliphatic rings. The molecule has 42 valence electrons. The summed E-state index contributed by atoms with van der Waals surface area (Å²) >= 11 is 0.